The molecule has 0 bridgehead atoms. The molecule has 0 N–H and O–H groups in total. The van der Waals surface area contributed by atoms with Gasteiger partial charge in [0, 0.05) is 9.37 Å². The SMILES string of the molecule is Cc1cc(Br)ccc1SCC(=O)OCn1nnc2ccccc2c1=O. The molecule has 8 heteroatoms. The Kier molecular flexibility index (Phi) is 5.50. The average molecular weight is 420 g/mol. The molecular formula is C17H14BrN3O3S. The van der Waals surface area contributed by atoms with E-state index in [9.17, 15) is 9.59 Å². The fraction of sp³-hybridized carbons (Fsp3) is 0.176. The van der Waals surface area contributed by atoms with Crippen LogP contribution >= 0.6 is 27.7 Å². The average Bonchev–Trinajstić information content (AvgIpc) is 2.60. The van der Waals surface area contributed by atoms with Gasteiger partial charge in [-0.1, -0.05) is 33.3 Å². The van der Waals surface area contributed by atoms with Crippen LogP contribution in [0.4, 0.5) is 0 Å². The molecule has 25 heavy (non-hydrogen) atoms. The van der Waals surface area contributed by atoms with Crippen molar-refractivity contribution in [3.63, 3.8) is 0 Å². The molecular weight excluding hydrogens is 406 g/mol. The smallest absolute Gasteiger partial charge is 0.318 e. The third-order valence-corrected chi connectivity index (χ3v) is 5.10. The summed E-state index contributed by atoms with van der Waals surface area (Å²) in [6.45, 7) is 1.72. The number of fused-ring (bicyclic) bond motifs is 1. The number of aryl methyl sites for hydroxylation is 1. The Hall–Kier alpha value is -2.19. The number of nitrogens with zero attached hydrogens (tertiary/aromatic N) is 3. The maximum atomic E-state index is 12.3. The number of thioether (sulfide) groups is 1. The minimum atomic E-state index is -0.422. The van der Waals surface area contributed by atoms with Crippen LogP contribution < -0.4 is 5.56 Å². The Morgan fingerprint density at radius 1 is 1.28 bits per heavy atom. The minimum Gasteiger partial charge on any atom is -0.441 e. The van der Waals surface area contributed by atoms with Crippen LogP contribution in [0.5, 0.6) is 0 Å². The molecule has 0 aliphatic carbocycles. The summed E-state index contributed by atoms with van der Waals surface area (Å²) in [5.41, 5.74) is 1.25. The number of esters is 1. The standard InChI is InChI=1S/C17H14BrN3O3S/c1-11-8-12(18)6-7-15(11)25-9-16(22)24-10-21-17(23)13-4-2-3-5-14(13)19-20-21/h2-8H,9-10H2,1H3. The second-order valence-corrected chi connectivity index (χ2v) is 7.19. The molecule has 128 valence electrons. The number of rotatable bonds is 5. The molecule has 0 fully saturated rings. The molecule has 6 nitrogen and oxygen atoms in total. The predicted octanol–water partition coefficient (Wildman–Crippen LogP) is 3.16. The molecule has 1 heterocycles. The summed E-state index contributed by atoms with van der Waals surface area (Å²) in [5.74, 6) is -0.271. The zero-order chi connectivity index (χ0) is 17.8. The summed E-state index contributed by atoms with van der Waals surface area (Å²) in [5, 5.41) is 8.17. The lowest BCUT2D eigenvalue weighted by Gasteiger charge is -2.08. The molecule has 0 aliphatic rings. The zero-order valence-electron chi connectivity index (χ0n) is 13.3. The number of aromatic nitrogens is 3. The lowest BCUT2D eigenvalue weighted by atomic mass is 10.2. The van der Waals surface area contributed by atoms with E-state index >= 15 is 0 Å². The van der Waals surface area contributed by atoms with Gasteiger partial charge >= 0.3 is 5.97 Å². The Bertz CT molecular complexity index is 990. The molecule has 2 aromatic carbocycles. The van der Waals surface area contributed by atoms with Crippen molar-refractivity contribution in [2.75, 3.05) is 5.75 Å². The predicted molar refractivity (Wildman–Crippen MR) is 99.5 cm³/mol. The van der Waals surface area contributed by atoms with Gasteiger partial charge in [0.1, 0.15) is 5.52 Å². The van der Waals surface area contributed by atoms with E-state index in [0.717, 1.165) is 19.6 Å². The number of ether oxygens (including phenoxy) is 1. The molecule has 0 radical (unpaired) electrons. The van der Waals surface area contributed by atoms with Crippen LogP contribution in [0.2, 0.25) is 0 Å². The lowest BCUT2D eigenvalue weighted by molar-refractivity contribution is -0.144. The third-order valence-electron chi connectivity index (χ3n) is 3.46. The van der Waals surface area contributed by atoms with E-state index in [-0.39, 0.29) is 18.0 Å². The second kappa shape index (κ2) is 7.79. The highest BCUT2D eigenvalue weighted by Crippen LogP contribution is 2.25. The zero-order valence-corrected chi connectivity index (χ0v) is 15.7. The van der Waals surface area contributed by atoms with E-state index in [2.05, 4.69) is 26.2 Å². The van der Waals surface area contributed by atoms with Crippen LogP contribution in [0.3, 0.4) is 0 Å². The summed E-state index contributed by atoms with van der Waals surface area (Å²) in [6.07, 6.45) is 0. The van der Waals surface area contributed by atoms with Crippen molar-refractivity contribution in [3.05, 3.63) is 62.9 Å². The van der Waals surface area contributed by atoms with Crippen molar-refractivity contribution in [1.82, 2.24) is 15.0 Å². The molecule has 0 saturated heterocycles. The normalized spacial score (nSPS) is 10.8. The molecule has 0 spiro atoms. The van der Waals surface area contributed by atoms with Crippen LogP contribution in [-0.4, -0.2) is 26.7 Å². The van der Waals surface area contributed by atoms with Crippen LogP contribution in [0.1, 0.15) is 5.56 Å². The van der Waals surface area contributed by atoms with Crippen LogP contribution in [0.25, 0.3) is 10.9 Å². The second-order valence-electron chi connectivity index (χ2n) is 5.26. The summed E-state index contributed by atoms with van der Waals surface area (Å²) in [6, 6.07) is 12.7. The summed E-state index contributed by atoms with van der Waals surface area (Å²) in [4.78, 5) is 25.2. The van der Waals surface area contributed by atoms with Gasteiger partial charge in [-0.3, -0.25) is 9.59 Å². The van der Waals surface area contributed by atoms with Gasteiger partial charge in [0.25, 0.3) is 5.56 Å². The van der Waals surface area contributed by atoms with Gasteiger partial charge in [-0.25, -0.2) is 0 Å². The first-order chi connectivity index (χ1) is 12.0. The highest BCUT2D eigenvalue weighted by atomic mass is 79.9. The summed E-state index contributed by atoms with van der Waals surface area (Å²) in [7, 11) is 0. The molecule has 0 atom stereocenters. The number of halogens is 1. The highest BCUT2D eigenvalue weighted by molar-refractivity contribution is 9.10. The van der Waals surface area contributed by atoms with E-state index in [4.69, 9.17) is 4.74 Å². The molecule has 0 saturated carbocycles. The monoisotopic (exact) mass is 419 g/mol. The maximum Gasteiger partial charge on any atom is 0.318 e. The quantitative estimate of drug-likeness (QED) is 0.467. The number of benzene rings is 2. The first-order valence-electron chi connectivity index (χ1n) is 7.42. The van der Waals surface area contributed by atoms with Gasteiger partial charge in [0.15, 0.2) is 6.73 Å². The summed E-state index contributed by atoms with van der Waals surface area (Å²) >= 11 is 4.79. The van der Waals surface area contributed by atoms with E-state index in [0.29, 0.717) is 10.9 Å². The van der Waals surface area contributed by atoms with Gasteiger partial charge in [-0.2, -0.15) is 4.68 Å². The Morgan fingerprint density at radius 3 is 2.88 bits per heavy atom. The van der Waals surface area contributed by atoms with Crippen molar-refractivity contribution in [1.29, 1.82) is 0 Å². The van der Waals surface area contributed by atoms with Crippen molar-refractivity contribution in [2.24, 2.45) is 0 Å². The number of carbonyl (C=O) groups excluding carboxylic acids is 1. The molecule has 0 aliphatic heterocycles. The van der Waals surface area contributed by atoms with Crippen molar-refractivity contribution in [2.45, 2.75) is 18.6 Å². The first-order valence-corrected chi connectivity index (χ1v) is 9.19. The lowest BCUT2D eigenvalue weighted by Crippen LogP contribution is -2.26. The van der Waals surface area contributed by atoms with Crippen LogP contribution in [0, 0.1) is 6.92 Å². The molecule has 1 aromatic heterocycles. The number of hydrogen-bond acceptors (Lipinski definition) is 6. The first kappa shape index (κ1) is 17.6. The largest absolute Gasteiger partial charge is 0.441 e. The van der Waals surface area contributed by atoms with Crippen molar-refractivity contribution >= 4 is 44.6 Å². The highest BCUT2D eigenvalue weighted by Gasteiger charge is 2.09. The van der Waals surface area contributed by atoms with Gasteiger partial charge in [-0.05, 0) is 42.8 Å². The van der Waals surface area contributed by atoms with Crippen molar-refractivity contribution < 1.29 is 9.53 Å². The van der Waals surface area contributed by atoms with Gasteiger partial charge < -0.3 is 4.74 Å². The Labute approximate surface area is 156 Å². The molecule has 3 rings (SSSR count). The van der Waals surface area contributed by atoms with Gasteiger partial charge in [-0.15, -0.1) is 16.9 Å². The van der Waals surface area contributed by atoms with Gasteiger partial charge in [0.2, 0.25) is 0 Å². The van der Waals surface area contributed by atoms with E-state index in [1.165, 1.54) is 11.8 Å². The number of carbonyl (C=O) groups is 1. The van der Waals surface area contributed by atoms with Crippen molar-refractivity contribution in [3.8, 4) is 0 Å². The van der Waals surface area contributed by atoms with Crippen LogP contribution in [-0.2, 0) is 16.3 Å². The van der Waals surface area contributed by atoms with Gasteiger partial charge in [0.05, 0.1) is 11.1 Å². The summed E-state index contributed by atoms with van der Waals surface area (Å²) < 4.78 is 7.16. The third kappa shape index (κ3) is 4.26. The van der Waals surface area contributed by atoms with E-state index < -0.39 is 5.97 Å². The Morgan fingerprint density at radius 2 is 2.08 bits per heavy atom. The molecule has 3 aromatic rings. The number of hydrogen-bond donors (Lipinski definition) is 0. The van der Waals surface area contributed by atoms with Crippen LogP contribution in [0.15, 0.2) is 56.6 Å². The Balaban J connectivity index is 1.61. The van der Waals surface area contributed by atoms with E-state index in [1.807, 2.05) is 25.1 Å². The minimum absolute atomic E-state index is 0.151. The molecule has 0 amide bonds. The fourth-order valence-electron chi connectivity index (χ4n) is 2.19. The maximum absolute atomic E-state index is 12.3. The van der Waals surface area contributed by atoms with E-state index in [1.54, 1.807) is 24.3 Å². The topological polar surface area (TPSA) is 74.1 Å². The molecule has 0 unspecified atom stereocenters. The fourth-order valence-corrected chi connectivity index (χ4v) is 3.48.